The Morgan fingerprint density at radius 1 is 1.29 bits per heavy atom. The summed E-state index contributed by atoms with van der Waals surface area (Å²) in [6.45, 7) is 3.83. The Bertz CT molecular complexity index is 260. The van der Waals surface area contributed by atoms with Crippen LogP contribution in [0.25, 0.3) is 0 Å². The first-order valence-corrected chi connectivity index (χ1v) is 6.95. The lowest BCUT2D eigenvalue weighted by molar-refractivity contribution is -0.132. The third-order valence-electron chi connectivity index (χ3n) is 2.13. The minimum atomic E-state index is -3.58. The fourth-order valence-electron chi connectivity index (χ4n) is 0.937. The Kier molecular flexibility index (Phi) is 8.64. The number of carbonyl (C=O) groups excluding carboxylic acids is 1. The van der Waals surface area contributed by atoms with Crippen LogP contribution in [-0.4, -0.2) is 39.3 Å². The molecule has 0 rings (SSSR count). The van der Waals surface area contributed by atoms with E-state index in [4.69, 9.17) is 9.26 Å². The molecule has 17 heavy (non-hydrogen) atoms. The minimum Gasteiger partial charge on any atom is -0.371 e. The van der Waals surface area contributed by atoms with Gasteiger partial charge in [-0.15, -0.1) is 0 Å². The summed E-state index contributed by atoms with van der Waals surface area (Å²) >= 11 is 0. The molecule has 6 nitrogen and oxygen atoms in total. The molecule has 0 radical (unpaired) electrons. The summed E-state index contributed by atoms with van der Waals surface area (Å²) < 4.78 is 30.6. The molecular formula is C10H21O6P. The molecule has 0 amide bonds. The highest BCUT2D eigenvalue weighted by Gasteiger charge is 2.25. The van der Waals surface area contributed by atoms with E-state index in [2.05, 4.69) is 9.05 Å². The van der Waals surface area contributed by atoms with Crippen molar-refractivity contribution in [2.75, 3.05) is 27.4 Å². The highest BCUT2D eigenvalue weighted by atomic mass is 31.2. The quantitative estimate of drug-likeness (QED) is 0.446. The van der Waals surface area contributed by atoms with Gasteiger partial charge in [-0.1, -0.05) is 13.3 Å². The van der Waals surface area contributed by atoms with Crippen LogP contribution in [0.3, 0.4) is 0 Å². The molecule has 0 spiro atoms. The second kappa shape index (κ2) is 8.78. The van der Waals surface area contributed by atoms with Crippen molar-refractivity contribution >= 4 is 13.6 Å². The summed E-state index contributed by atoms with van der Waals surface area (Å²) in [5, 5.41) is 0. The number of unbranched alkanes of at least 4 members (excludes halogenated alkanes) is 1. The van der Waals surface area contributed by atoms with Gasteiger partial charge in [0.2, 0.25) is 0 Å². The molecule has 0 aromatic heterocycles. The van der Waals surface area contributed by atoms with Crippen molar-refractivity contribution in [1.29, 1.82) is 0 Å². The smallest absolute Gasteiger partial charge is 0.371 e. The number of Topliss-reactive ketones (excluding diaryl/α,β-unsaturated/α-hetero) is 1. The van der Waals surface area contributed by atoms with Gasteiger partial charge in [0.05, 0.1) is 0 Å². The molecule has 0 heterocycles. The topological polar surface area (TPSA) is 71.1 Å². The van der Waals surface area contributed by atoms with Gasteiger partial charge in [-0.25, -0.2) is 4.57 Å². The van der Waals surface area contributed by atoms with Gasteiger partial charge in [0.25, 0.3) is 0 Å². The van der Waals surface area contributed by atoms with Gasteiger partial charge >= 0.3 is 7.82 Å². The van der Waals surface area contributed by atoms with Gasteiger partial charge in [-0.2, -0.15) is 0 Å². The highest BCUT2D eigenvalue weighted by molar-refractivity contribution is 7.48. The molecule has 102 valence electrons. The van der Waals surface area contributed by atoms with E-state index >= 15 is 0 Å². The van der Waals surface area contributed by atoms with Crippen LogP contribution in [-0.2, 0) is 27.7 Å². The Morgan fingerprint density at radius 3 is 2.35 bits per heavy atom. The Morgan fingerprint density at radius 2 is 1.88 bits per heavy atom. The van der Waals surface area contributed by atoms with Gasteiger partial charge in [0.1, 0.15) is 12.7 Å². The van der Waals surface area contributed by atoms with E-state index in [1.54, 1.807) is 6.92 Å². The molecule has 0 N–H and O–H groups in total. The SMILES string of the molecule is CCCCO[C@@H](C)C(=O)COP(=O)(OC)OC. The second-order valence-electron chi connectivity index (χ2n) is 3.42. The summed E-state index contributed by atoms with van der Waals surface area (Å²) in [6.07, 6.45) is 1.32. The highest BCUT2D eigenvalue weighted by Crippen LogP contribution is 2.47. The van der Waals surface area contributed by atoms with Gasteiger partial charge < -0.3 is 4.74 Å². The molecule has 0 aliphatic rings. The van der Waals surface area contributed by atoms with Crippen LogP contribution in [0.4, 0.5) is 0 Å². The van der Waals surface area contributed by atoms with Gasteiger partial charge in [-0.05, 0) is 13.3 Å². The normalized spacial score (nSPS) is 13.6. The fourth-order valence-corrected chi connectivity index (χ4v) is 1.58. The minimum absolute atomic E-state index is 0.296. The van der Waals surface area contributed by atoms with E-state index in [1.165, 1.54) is 14.2 Å². The van der Waals surface area contributed by atoms with Crippen LogP contribution in [0.15, 0.2) is 0 Å². The number of hydrogen-bond donors (Lipinski definition) is 0. The van der Waals surface area contributed by atoms with Crippen LogP contribution in [0.5, 0.6) is 0 Å². The summed E-state index contributed by atoms with van der Waals surface area (Å²) in [5.41, 5.74) is 0. The van der Waals surface area contributed by atoms with Crippen LogP contribution in [0, 0.1) is 0 Å². The van der Waals surface area contributed by atoms with Crippen LogP contribution in [0.1, 0.15) is 26.7 Å². The Balaban J connectivity index is 3.96. The Labute approximate surface area is 102 Å². The summed E-state index contributed by atoms with van der Waals surface area (Å²) in [6, 6.07) is 0. The monoisotopic (exact) mass is 268 g/mol. The van der Waals surface area contributed by atoms with Gasteiger partial charge in [0, 0.05) is 20.8 Å². The van der Waals surface area contributed by atoms with Crippen molar-refractivity contribution in [2.24, 2.45) is 0 Å². The van der Waals surface area contributed by atoms with Gasteiger partial charge in [0.15, 0.2) is 5.78 Å². The van der Waals surface area contributed by atoms with Crippen molar-refractivity contribution in [3.05, 3.63) is 0 Å². The third kappa shape index (κ3) is 6.91. The summed E-state index contributed by atoms with van der Waals surface area (Å²) in [5.74, 6) is -0.296. The van der Waals surface area contributed by atoms with Crippen LogP contribution >= 0.6 is 7.82 Å². The first-order valence-electron chi connectivity index (χ1n) is 5.49. The summed E-state index contributed by atoms with van der Waals surface area (Å²) in [4.78, 5) is 11.5. The van der Waals surface area contributed by atoms with Crippen molar-refractivity contribution < 1.29 is 27.7 Å². The van der Waals surface area contributed by atoms with E-state index in [-0.39, 0.29) is 12.4 Å². The average molecular weight is 268 g/mol. The zero-order valence-electron chi connectivity index (χ0n) is 10.8. The zero-order valence-corrected chi connectivity index (χ0v) is 11.7. The van der Waals surface area contributed by atoms with Gasteiger partial charge in [-0.3, -0.25) is 18.4 Å². The van der Waals surface area contributed by atoms with Crippen LogP contribution < -0.4 is 0 Å². The molecule has 0 unspecified atom stereocenters. The third-order valence-corrected chi connectivity index (χ3v) is 3.47. The molecule has 0 aliphatic carbocycles. The fraction of sp³-hybridized carbons (Fsp3) is 0.900. The van der Waals surface area contributed by atoms with Crippen LogP contribution in [0.2, 0.25) is 0 Å². The maximum Gasteiger partial charge on any atom is 0.474 e. The van der Waals surface area contributed by atoms with Crippen molar-refractivity contribution in [3.8, 4) is 0 Å². The first kappa shape index (κ1) is 16.7. The van der Waals surface area contributed by atoms with E-state index in [1.807, 2.05) is 6.92 Å². The summed E-state index contributed by atoms with van der Waals surface area (Å²) in [7, 11) is -1.20. The molecule has 0 saturated carbocycles. The lowest BCUT2D eigenvalue weighted by Gasteiger charge is -2.15. The predicted molar refractivity (Wildman–Crippen MR) is 62.9 cm³/mol. The molecule has 0 aliphatic heterocycles. The molecule has 0 aromatic rings. The maximum absolute atomic E-state index is 11.5. The van der Waals surface area contributed by atoms with E-state index in [0.717, 1.165) is 12.8 Å². The first-order chi connectivity index (χ1) is 7.99. The number of carbonyl (C=O) groups is 1. The number of ether oxygens (including phenoxy) is 1. The standard InChI is InChI=1S/C10H21O6P/c1-5-6-7-15-9(2)10(11)8-16-17(12,13-3)14-4/h9H,5-8H2,1-4H3/t9-/m0/s1. The Hall–Kier alpha value is -0.260. The second-order valence-corrected chi connectivity index (χ2v) is 5.30. The van der Waals surface area contributed by atoms with Crippen molar-refractivity contribution in [2.45, 2.75) is 32.8 Å². The molecule has 0 bridgehead atoms. The predicted octanol–water partition coefficient (Wildman–Crippen LogP) is 2.18. The number of phosphoric acid groups is 1. The molecule has 0 aromatic carbocycles. The zero-order chi connectivity index (χ0) is 13.3. The average Bonchev–Trinajstić information content (AvgIpc) is 2.35. The van der Waals surface area contributed by atoms with E-state index in [0.29, 0.717) is 6.61 Å². The van der Waals surface area contributed by atoms with Crippen molar-refractivity contribution in [1.82, 2.24) is 0 Å². The van der Waals surface area contributed by atoms with Crippen molar-refractivity contribution in [3.63, 3.8) is 0 Å². The number of ketones is 1. The number of phosphoric ester groups is 1. The largest absolute Gasteiger partial charge is 0.474 e. The molecule has 0 saturated heterocycles. The number of hydrogen-bond acceptors (Lipinski definition) is 6. The molecule has 0 fully saturated rings. The molecular weight excluding hydrogens is 247 g/mol. The van der Waals surface area contributed by atoms with E-state index in [9.17, 15) is 9.36 Å². The maximum atomic E-state index is 11.5. The molecule has 1 atom stereocenters. The molecule has 7 heteroatoms. The van der Waals surface area contributed by atoms with E-state index < -0.39 is 13.9 Å². The lowest BCUT2D eigenvalue weighted by atomic mass is 10.3. The number of rotatable bonds is 10. The lowest BCUT2D eigenvalue weighted by Crippen LogP contribution is -2.25.